The lowest BCUT2D eigenvalue weighted by Gasteiger charge is -2.43. The summed E-state index contributed by atoms with van der Waals surface area (Å²) >= 11 is 2.68. The molecule has 4 heterocycles. The number of benzene rings is 1. The number of aryl methyl sites for hydroxylation is 1. The van der Waals surface area contributed by atoms with Crippen LogP contribution < -0.4 is 0 Å². The van der Waals surface area contributed by atoms with Crippen molar-refractivity contribution < 1.29 is 13.6 Å². The van der Waals surface area contributed by atoms with E-state index in [0.29, 0.717) is 6.54 Å². The molecule has 5 rings (SSSR count). The first kappa shape index (κ1) is 20.9. The van der Waals surface area contributed by atoms with E-state index in [1.807, 2.05) is 31.7 Å². The van der Waals surface area contributed by atoms with Gasteiger partial charge in [-0.1, -0.05) is 11.3 Å². The molecule has 1 aliphatic heterocycles. The van der Waals surface area contributed by atoms with Crippen molar-refractivity contribution in [3.8, 4) is 10.6 Å². The van der Waals surface area contributed by atoms with Gasteiger partial charge in [0.1, 0.15) is 11.6 Å². The Labute approximate surface area is 191 Å². The van der Waals surface area contributed by atoms with E-state index < -0.39 is 17.0 Å². The number of halogens is 2. The van der Waals surface area contributed by atoms with Crippen molar-refractivity contribution in [1.82, 2.24) is 24.9 Å². The molecule has 0 saturated heterocycles. The number of thiophene rings is 1. The highest BCUT2D eigenvalue weighted by Crippen LogP contribution is 2.46. The van der Waals surface area contributed by atoms with E-state index >= 15 is 0 Å². The van der Waals surface area contributed by atoms with Crippen LogP contribution >= 0.6 is 22.7 Å². The van der Waals surface area contributed by atoms with E-state index in [0.717, 1.165) is 34.6 Å². The molecule has 2 atom stereocenters. The number of hydrogen-bond donors (Lipinski definition) is 0. The second kappa shape index (κ2) is 7.56. The van der Waals surface area contributed by atoms with Crippen LogP contribution in [-0.4, -0.2) is 37.3 Å². The molecule has 0 N–H and O–H groups in total. The third kappa shape index (κ3) is 3.25. The molecule has 0 aliphatic carbocycles. The third-order valence-electron chi connectivity index (χ3n) is 5.97. The van der Waals surface area contributed by atoms with Gasteiger partial charge >= 0.3 is 0 Å². The average Bonchev–Trinajstić information content (AvgIpc) is 3.51. The van der Waals surface area contributed by atoms with E-state index in [2.05, 4.69) is 28.3 Å². The summed E-state index contributed by atoms with van der Waals surface area (Å²) in [6, 6.07) is 5.16. The average molecular weight is 472 g/mol. The number of carbonyl (C=O) groups excluding carboxylic acids is 1. The molecule has 0 fully saturated rings. The van der Waals surface area contributed by atoms with Gasteiger partial charge in [-0.3, -0.25) is 9.48 Å². The van der Waals surface area contributed by atoms with E-state index in [4.69, 9.17) is 0 Å². The summed E-state index contributed by atoms with van der Waals surface area (Å²) in [5, 5.41) is 14.8. The Bertz CT molecular complexity index is 1330. The number of aromatic nitrogens is 4. The molecule has 0 unspecified atom stereocenters. The fourth-order valence-corrected chi connectivity index (χ4v) is 6.19. The van der Waals surface area contributed by atoms with E-state index in [-0.39, 0.29) is 27.5 Å². The fourth-order valence-electron chi connectivity index (χ4n) is 4.19. The molecule has 1 aliphatic rings. The molecular formula is C22H19F2N5OS2. The molecule has 0 radical (unpaired) electrons. The zero-order valence-electron chi connectivity index (χ0n) is 17.5. The van der Waals surface area contributed by atoms with Gasteiger partial charge < -0.3 is 4.90 Å². The van der Waals surface area contributed by atoms with Crippen LogP contribution in [0.5, 0.6) is 0 Å². The Morgan fingerprint density at radius 3 is 2.78 bits per heavy atom. The summed E-state index contributed by atoms with van der Waals surface area (Å²) in [5.41, 5.74) is 1.82. The highest BCUT2D eigenvalue weighted by molar-refractivity contribution is 7.16. The summed E-state index contributed by atoms with van der Waals surface area (Å²) in [7, 11) is 1.87. The number of fused-ring (bicyclic) bond motifs is 1. The van der Waals surface area contributed by atoms with Gasteiger partial charge in [0, 0.05) is 47.3 Å². The maximum absolute atomic E-state index is 14.2. The summed E-state index contributed by atoms with van der Waals surface area (Å²) in [4.78, 5) is 16.5. The molecule has 6 nitrogen and oxygen atoms in total. The molecule has 1 aromatic carbocycles. The van der Waals surface area contributed by atoms with E-state index in [1.54, 1.807) is 20.9 Å². The highest BCUT2D eigenvalue weighted by Gasteiger charge is 2.44. The van der Waals surface area contributed by atoms with Crippen molar-refractivity contribution in [2.24, 2.45) is 7.05 Å². The Hall–Kier alpha value is -2.98. The van der Waals surface area contributed by atoms with Crippen molar-refractivity contribution in [3.63, 3.8) is 0 Å². The first-order valence-corrected chi connectivity index (χ1v) is 11.6. The number of carbonyl (C=O) groups is 1. The Kier molecular flexibility index (Phi) is 4.94. The largest absolute Gasteiger partial charge is 0.328 e. The van der Waals surface area contributed by atoms with Gasteiger partial charge in [-0.05, 0) is 43.0 Å². The van der Waals surface area contributed by atoms with Gasteiger partial charge in [-0.2, -0.15) is 5.10 Å². The number of amides is 1. The van der Waals surface area contributed by atoms with Crippen molar-refractivity contribution >= 4 is 28.6 Å². The van der Waals surface area contributed by atoms with Crippen LogP contribution in [0, 0.1) is 11.6 Å². The van der Waals surface area contributed by atoms with Gasteiger partial charge in [-0.15, -0.1) is 21.5 Å². The lowest BCUT2D eigenvalue weighted by Crippen LogP contribution is -2.48. The molecule has 10 heteroatoms. The molecule has 32 heavy (non-hydrogen) atoms. The normalized spacial score (nSPS) is 20.4. The van der Waals surface area contributed by atoms with Gasteiger partial charge in [0.05, 0.1) is 12.2 Å². The van der Waals surface area contributed by atoms with Crippen LogP contribution in [0.2, 0.25) is 0 Å². The van der Waals surface area contributed by atoms with Gasteiger partial charge in [0.25, 0.3) is 5.91 Å². The Morgan fingerprint density at radius 1 is 1.25 bits per heavy atom. The van der Waals surface area contributed by atoms with Crippen LogP contribution in [0.15, 0.2) is 42.0 Å². The highest BCUT2D eigenvalue weighted by atomic mass is 32.1. The predicted molar refractivity (Wildman–Crippen MR) is 119 cm³/mol. The first-order valence-electron chi connectivity index (χ1n) is 9.95. The number of rotatable bonds is 3. The van der Waals surface area contributed by atoms with Crippen LogP contribution in [-0.2, 0) is 12.5 Å². The maximum Gasteiger partial charge on any atom is 0.285 e. The zero-order valence-corrected chi connectivity index (χ0v) is 19.2. The molecule has 4 aromatic rings. The second-order valence-corrected chi connectivity index (χ2v) is 9.98. The zero-order chi connectivity index (χ0) is 22.6. The minimum absolute atomic E-state index is 0.120. The molecule has 0 bridgehead atoms. The van der Waals surface area contributed by atoms with Crippen molar-refractivity contribution in [3.05, 3.63) is 74.7 Å². The van der Waals surface area contributed by atoms with Crippen LogP contribution in [0.4, 0.5) is 8.78 Å². The number of nitrogens with zero attached hydrogens (tertiary/aromatic N) is 5. The van der Waals surface area contributed by atoms with Gasteiger partial charge in [0.2, 0.25) is 5.01 Å². The number of hydrogen-bond acceptors (Lipinski definition) is 6. The monoisotopic (exact) mass is 471 g/mol. The predicted octanol–water partition coefficient (Wildman–Crippen LogP) is 4.80. The van der Waals surface area contributed by atoms with Gasteiger partial charge in [0.15, 0.2) is 5.01 Å². The minimum atomic E-state index is -0.737. The van der Waals surface area contributed by atoms with E-state index in [9.17, 15) is 13.6 Å². The van der Waals surface area contributed by atoms with Crippen LogP contribution in [0.25, 0.3) is 10.6 Å². The Morgan fingerprint density at radius 2 is 2.06 bits per heavy atom. The van der Waals surface area contributed by atoms with Crippen molar-refractivity contribution in [2.75, 3.05) is 6.54 Å². The molecule has 3 aromatic heterocycles. The standard InChI is InChI=1S/C22H19F2N5OS2/c1-12-15-6-7-31-18(15)22(2,13-9-25-28(3)10-13)11-29(12)21(30)20-27-26-19(32-20)16-5-4-14(23)8-17(16)24/h4-10,12H,11H2,1-3H3/t12-,22+/m0/s1. The lowest BCUT2D eigenvalue weighted by molar-refractivity contribution is 0.0629. The molecule has 164 valence electrons. The van der Waals surface area contributed by atoms with Crippen LogP contribution in [0.1, 0.15) is 45.7 Å². The minimum Gasteiger partial charge on any atom is -0.328 e. The maximum atomic E-state index is 14.2. The van der Waals surface area contributed by atoms with Crippen molar-refractivity contribution in [2.45, 2.75) is 25.3 Å². The molecular weight excluding hydrogens is 452 g/mol. The summed E-state index contributed by atoms with van der Waals surface area (Å²) in [6.45, 7) is 4.56. The molecule has 0 spiro atoms. The Balaban J connectivity index is 1.51. The fraction of sp³-hybridized carbons (Fsp3) is 0.273. The van der Waals surface area contributed by atoms with E-state index in [1.165, 1.54) is 10.9 Å². The molecule has 0 saturated carbocycles. The first-order chi connectivity index (χ1) is 15.3. The topological polar surface area (TPSA) is 63.9 Å². The lowest BCUT2D eigenvalue weighted by atomic mass is 9.76. The van der Waals surface area contributed by atoms with Crippen molar-refractivity contribution in [1.29, 1.82) is 0 Å². The summed E-state index contributed by atoms with van der Waals surface area (Å²) in [6.07, 6.45) is 3.81. The summed E-state index contributed by atoms with van der Waals surface area (Å²) in [5.74, 6) is -1.68. The summed E-state index contributed by atoms with van der Waals surface area (Å²) < 4.78 is 29.2. The second-order valence-electron chi connectivity index (χ2n) is 8.09. The smallest absolute Gasteiger partial charge is 0.285 e. The molecule has 1 amide bonds. The third-order valence-corrected chi connectivity index (χ3v) is 8.11. The quantitative estimate of drug-likeness (QED) is 0.431. The van der Waals surface area contributed by atoms with Crippen LogP contribution in [0.3, 0.4) is 0 Å². The van der Waals surface area contributed by atoms with Gasteiger partial charge in [-0.25, -0.2) is 8.78 Å². The SMILES string of the molecule is C[C@H]1c2ccsc2[C@@](C)(c2cnn(C)c2)CN1C(=O)c1nnc(-c2ccc(F)cc2F)s1.